The van der Waals surface area contributed by atoms with E-state index in [1.165, 1.54) is 0 Å². The highest BCUT2D eigenvalue weighted by Crippen LogP contribution is 2.45. The van der Waals surface area contributed by atoms with Crippen LogP contribution in [0, 0.1) is 23.7 Å². The number of aliphatic hydroxyl groups excluding tert-OH is 1. The zero-order valence-corrected chi connectivity index (χ0v) is 20.7. The van der Waals surface area contributed by atoms with Crippen molar-refractivity contribution in [3.05, 3.63) is 41.4 Å². The Bertz CT molecular complexity index is 888. The lowest BCUT2D eigenvalue weighted by atomic mass is 9.69. The first-order chi connectivity index (χ1) is 16.4. The van der Waals surface area contributed by atoms with Gasteiger partial charge in [0.25, 0.3) is 0 Å². The number of allylic oxidation sites excluding steroid dienone is 1. The van der Waals surface area contributed by atoms with Gasteiger partial charge in [-0.25, -0.2) is 0 Å². The van der Waals surface area contributed by atoms with E-state index in [1.54, 1.807) is 36.1 Å². The lowest BCUT2D eigenvalue weighted by molar-refractivity contribution is -0.155. The first-order valence-corrected chi connectivity index (χ1v) is 12.6. The Kier molecular flexibility index (Phi) is 9.54. The third kappa shape index (κ3) is 5.81. The second-order valence-corrected chi connectivity index (χ2v) is 9.38. The molecule has 1 aromatic rings. The summed E-state index contributed by atoms with van der Waals surface area (Å²) < 4.78 is 5.35. The van der Waals surface area contributed by atoms with Crippen molar-refractivity contribution < 1.29 is 24.2 Å². The van der Waals surface area contributed by atoms with Gasteiger partial charge in [-0.15, -0.1) is 0 Å². The predicted molar refractivity (Wildman–Crippen MR) is 131 cm³/mol. The number of hydrogen-bond donors (Lipinski definition) is 2. The number of benzene rings is 1. The molecule has 0 radical (unpaired) electrons. The van der Waals surface area contributed by atoms with E-state index in [1.807, 2.05) is 19.1 Å². The minimum Gasteiger partial charge on any atom is -0.466 e. The van der Waals surface area contributed by atoms with Crippen LogP contribution in [0.15, 0.2) is 36.4 Å². The molecule has 1 aliphatic heterocycles. The molecule has 0 saturated carbocycles. The number of nitrogens with one attached hydrogen (secondary N) is 1. The van der Waals surface area contributed by atoms with Crippen molar-refractivity contribution in [2.75, 3.05) is 25.1 Å². The van der Waals surface area contributed by atoms with Gasteiger partial charge in [0.15, 0.2) is 0 Å². The summed E-state index contributed by atoms with van der Waals surface area (Å²) in [6, 6.07) is 6.12. The standard InChI is InChI=1S/C26H35ClN2O5/c1-3-17-9-14-20-22(21(17)26(33)34-4-2)25(32)29(15-7-5-6-8-16-30)23(20)24(31)28-19-12-10-18(27)11-13-19/h9-14,17,20-23,30H,3-8,15-16H2,1-2H3,(H,28,31)/t17-,20+,21-,22-,23+/m1/s1. The van der Waals surface area contributed by atoms with E-state index in [0.717, 1.165) is 19.3 Å². The molecule has 0 unspecified atom stereocenters. The number of halogens is 1. The van der Waals surface area contributed by atoms with E-state index >= 15 is 0 Å². The first kappa shape index (κ1) is 26.2. The smallest absolute Gasteiger partial charge is 0.310 e. The van der Waals surface area contributed by atoms with Gasteiger partial charge in [-0.2, -0.15) is 0 Å². The van der Waals surface area contributed by atoms with Gasteiger partial charge >= 0.3 is 5.97 Å². The quantitative estimate of drug-likeness (QED) is 0.277. The fourth-order valence-corrected chi connectivity index (χ4v) is 5.31. The summed E-state index contributed by atoms with van der Waals surface area (Å²) >= 11 is 5.97. The molecule has 8 heteroatoms. The van der Waals surface area contributed by atoms with Gasteiger partial charge < -0.3 is 20.1 Å². The fourth-order valence-electron chi connectivity index (χ4n) is 5.18. The van der Waals surface area contributed by atoms with Crippen molar-refractivity contribution in [3.8, 4) is 0 Å². The SMILES string of the molecule is CCOC(=O)[C@H]1[C@@H]2C(=O)N(CCCCCCO)[C@H](C(=O)Nc3ccc(Cl)cc3)[C@H]2C=C[C@H]1CC. The molecule has 1 aliphatic carbocycles. The number of unbranched alkanes of at least 4 members (excludes halogenated alkanes) is 3. The molecule has 1 heterocycles. The van der Waals surface area contributed by atoms with Gasteiger partial charge in [0.2, 0.25) is 11.8 Å². The fraction of sp³-hybridized carbons (Fsp3) is 0.577. The Balaban J connectivity index is 1.88. The van der Waals surface area contributed by atoms with E-state index < -0.39 is 23.8 Å². The lowest BCUT2D eigenvalue weighted by Gasteiger charge is -2.33. The van der Waals surface area contributed by atoms with E-state index in [-0.39, 0.29) is 36.9 Å². The minimum absolute atomic E-state index is 0.103. The van der Waals surface area contributed by atoms with Crippen LogP contribution in [0.3, 0.4) is 0 Å². The van der Waals surface area contributed by atoms with E-state index in [4.69, 9.17) is 21.4 Å². The molecular formula is C26H35ClN2O5. The number of fused-ring (bicyclic) bond motifs is 1. The van der Waals surface area contributed by atoms with Crippen LogP contribution in [0.25, 0.3) is 0 Å². The number of amides is 2. The van der Waals surface area contributed by atoms with Gasteiger partial charge in [0, 0.05) is 29.8 Å². The molecule has 2 aliphatic rings. The Labute approximate surface area is 206 Å². The number of carbonyl (C=O) groups is 3. The highest BCUT2D eigenvalue weighted by atomic mass is 35.5. The van der Waals surface area contributed by atoms with Gasteiger partial charge in [-0.1, -0.05) is 43.5 Å². The minimum atomic E-state index is -0.711. The van der Waals surface area contributed by atoms with E-state index in [0.29, 0.717) is 30.1 Å². The summed E-state index contributed by atoms with van der Waals surface area (Å²) in [4.78, 5) is 41.8. The summed E-state index contributed by atoms with van der Waals surface area (Å²) in [5.41, 5.74) is 0.598. The highest BCUT2D eigenvalue weighted by molar-refractivity contribution is 6.30. The van der Waals surface area contributed by atoms with Crippen LogP contribution in [0.5, 0.6) is 0 Å². The summed E-state index contributed by atoms with van der Waals surface area (Å²) in [7, 11) is 0. The van der Waals surface area contributed by atoms with Crippen molar-refractivity contribution in [2.45, 2.75) is 52.0 Å². The molecular weight excluding hydrogens is 456 g/mol. The molecule has 0 spiro atoms. The molecule has 0 aromatic heterocycles. The van der Waals surface area contributed by atoms with Gasteiger partial charge in [0.1, 0.15) is 6.04 Å². The van der Waals surface area contributed by atoms with Crippen LogP contribution >= 0.6 is 11.6 Å². The van der Waals surface area contributed by atoms with Gasteiger partial charge in [0.05, 0.1) is 18.4 Å². The van der Waals surface area contributed by atoms with Crippen molar-refractivity contribution in [1.29, 1.82) is 0 Å². The Hall–Kier alpha value is -2.38. The number of hydrogen-bond acceptors (Lipinski definition) is 5. The maximum atomic E-state index is 13.7. The number of aliphatic hydroxyl groups is 1. The molecule has 3 rings (SSSR count). The van der Waals surface area contributed by atoms with E-state index in [2.05, 4.69) is 5.32 Å². The summed E-state index contributed by atoms with van der Waals surface area (Å²) in [5, 5.41) is 12.5. The van der Waals surface area contributed by atoms with Crippen molar-refractivity contribution in [2.24, 2.45) is 23.7 Å². The molecule has 186 valence electrons. The average Bonchev–Trinajstić information content (AvgIpc) is 3.11. The first-order valence-electron chi connectivity index (χ1n) is 12.3. The Morgan fingerprint density at radius 2 is 1.79 bits per heavy atom. The molecule has 1 saturated heterocycles. The number of nitrogens with zero attached hydrogens (tertiary/aromatic N) is 1. The summed E-state index contributed by atoms with van der Waals surface area (Å²) in [5.74, 6) is -2.54. The summed E-state index contributed by atoms with van der Waals surface area (Å²) in [6.45, 7) is 4.56. The maximum Gasteiger partial charge on any atom is 0.310 e. The molecule has 34 heavy (non-hydrogen) atoms. The third-order valence-corrected chi connectivity index (χ3v) is 7.08. The van der Waals surface area contributed by atoms with Crippen LogP contribution in [-0.4, -0.2) is 53.6 Å². The zero-order chi connectivity index (χ0) is 24.7. The number of ether oxygens (including phenoxy) is 1. The molecule has 2 N–H and O–H groups in total. The average molecular weight is 491 g/mol. The van der Waals surface area contributed by atoms with E-state index in [9.17, 15) is 14.4 Å². The Morgan fingerprint density at radius 3 is 2.44 bits per heavy atom. The number of esters is 1. The number of anilines is 1. The number of carbonyl (C=O) groups excluding carboxylic acids is 3. The normalized spacial score (nSPS) is 25.8. The maximum absolute atomic E-state index is 13.7. The second-order valence-electron chi connectivity index (χ2n) is 8.95. The van der Waals surface area contributed by atoms with Gasteiger partial charge in [-0.3, -0.25) is 14.4 Å². The molecule has 2 amide bonds. The topological polar surface area (TPSA) is 95.9 Å². The van der Waals surface area contributed by atoms with Gasteiger partial charge in [-0.05, 0) is 56.4 Å². The lowest BCUT2D eigenvalue weighted by Crippen LogP contribution is -2.44. The zero-order valence-electron chi connectivity index (χ0n) is 19.9. The van der Waals surface area contributed by atoms with Crippen LogP contribution in [0.1, 0.15) is 46.0 Å². The Morgan fingerprint density at radius 1 is 1.09 bits per heavy atom. The monoisotopic (exact) mass is 490 g/mol. The number of likely N-dealkylation sites (tertiary alicyclic amines) is 1. The molecule has 1 aromatic carbocycles. The predicted octanol–water partition coefficient (Wildman–Crippen LogP) is 4.05. The summed E-state index contributed by atoms with van der Waals surface area (Å²) in [6.07, 6.45) is 7.77. The van der Waals surface area contributed by atoms with Crippen LogP contribution < -0.4 is 5.32 Å². The van der Waals surface area contributed by atoms with Crippen LogP contribution in [-0.2, 0) is 19.1 Å². The number of rotatable bonds is 11. The molecule has 0 bridgehead atoms. The van der Waals surface area contributed by atoms with Crippen molar-refractivity contribution >= 4 is 35.1 Å². The van der Waals surface area contributed by atoms with Crippen LogP contribution in [0.4, 0.5) is 5.69 Å². The molecule has 1 fully saturated rings. The van der Waals surface area contributed by atoms with Crippen LogP contribution in [0.2, 0.25) is 5.02 Å². The largest absolute Gasteiger partial charge is 0.466 e. The molecule has 5 atom stereocenters. The van der Waals surface area contributed by atoms with Crippen molar-refractivity contribution in [3.63, 3.8) is 0 Å². The van der Waals surface area contributed by atoms with Crippen molar-refractivity contribution in [1.82, 2.24) is 4.90 Å². The molecule has 7 nitrogen and oxygen atoms in total. The second kappa shape index (κ2) is 12.4. The third-order valence-electron chi connectivity index (χ3n) is 6.83. The highest BCUT2D eigenvalue weighted by Gasteiger charge is 2.57.